The lowest BCUT2D eigenvalue weighted by Gasteiger charge is -2.50. The summed E-state index contributed by atoms with van der Waals surface area (Å²) >= 11 is 0. The number of aliphatic hydroxyl groups excluding tert-OH is 3. The molecule has 1 saturated carbocycles. The summed E-state index contributed by atoms with van der Waals surface area (Å²) in [5.41, 5.74) is 23.2. The SMILES string of the molecule is CN[C@@H]1[C@@H](O)[C@@H](O[C@@H]2[C@@H](O)[C@H](C3OC(CNC[C@@H]4C[C@H](N)CN4)=CC[C@H]3N)[C@@H](N)C[C@H]2NC(=O)[C@@H](O)CN)OC[C@]1(C)O. The summed E-state index contributed by atoms with van der Waals surface area (Å²) in [7, 11) is 1.59. The first-order valence-corrected chi connectivity index (χ1v) is 15.1. The van der Waals surface area contributed by atoms with Crippen LogP contribution in [0.25, 0.3) is 0 Å². The molecule has 248 valence electrons. The number of hydrogen-bond donors (Lipinski definition) is 12. The van der Waals surface area contributed by atoms with Gasteiger partial charge < -0.3 is 78.8 Å². The first-order chi connectivity index (χ1) is 20.4. The van der Waals surface area contributed by atoms with E-state index >= 15 is 0 Å². The van der Waals surface area contributed by atoms with Crippen molar-refractivity contribution in [2.75, 3.05) is 39.8 Å². The van der Waals surface area contributed by atoms with Gasteiger partial charge in [0.05, 0.1) is 31.3 Å². The van der Waals surface area contributed by atoms with Gasteiger partial charge in [0.2, 0.25) is 5.91 Å². The molecule has 0 aromatic heterocycles. The van der Waals surface area contributed by atoms with Gasteiger partial charge in [-0.1, -0.05) is 0 Å². The molecule has 2 saturated heterocycles. The Morgan fingerprint density at radius 3 is 2.63 bits per heavy atom. The number of ether oxygens (including phenoxy) is 3. The van der Waals surface area contributed by atoms with E-state index in [1.54, 1.807) is 7.05 Å². The van der Waals surface area contributed by atoms with E-state index in [0.29, 0.717) is 25.3 Å². The van der Waals surface area contributed by atoms with Crippen molar-refractivity contribution in [3.63, 3.8) is 0 Å². The lowest BCUT2D eigenvalue weighted by Crippen LogP contribution is -2.69. The fourth-order valence-corrected chi connectivity index (χ4v) is 6.72. The molecular weight excluding hydrogens is 564 g/mol. The van der Waals surface area contributed by atoms with Gasteiger partial charge in [-0.15, -0.1) is 0 Å². The van der Waals surface area contributed by atoms with Crippen molar-refractivity contribution in [1.82, 2.24) is 21.3 Å². The Labute approximate surface area is 252 Å². The van der Waals surface area contributed by atoms with Gasteiger partial charge in [-0.25, -0.2) is 0 Å². The largest absolute Gasteiger partial charge is 0.492 e. The van der Waals surface area contributed by atoms with E-state index in [2.05, 4.69) is 21.3 Å². The number of carbonyl (C=O) groups excluding carboxylic acids is 1. The van der Waals surface area contributed by atoms with Crippen LogP contribution in [0.15, 0.2) is 11.8 Å². The molecule has 1 unspecified atom stereocenters. The summed E-state index contributed by atoms with van der Waals surface area (Å²) in [6.07, 6.45) is -3.74. The number of nitrogens with one attached hydrogen (secondary N) is 4. The highest BCUT2D eigenvalue weighted by Gasteiger charge is 2.53. The molecule has 4 rings (SSSR count). The minimum absolute atomic E-state index is 0.142. The highest BCUT2D eigenvalue weighted by Crippen LogP contribution is 2.36. The first kappa shape index (κ1) is 34.4. The topological polar surface area (TPSA) is 278 Å². The third-order valence-corrected chi connectivity index (χ3v) is 9.09. The van der Waals surface area contributed by atoms with Crippen LogP contribution in [-0.4, -0.2) is 145 Å². The average molecular weight is 617 g/mol. The maximum absolute atomic E-state index is 12.6. The summed E-state index contributed by atoms with van der Waals surface area (Å²) in [6.45, 7) is 3.02. The fraction of sp³-hybridized carbons (Fsp3) is 0.889. The van der Waals surface area contributed by atoms with Gasteiger partial charge in [-0.2, -0.15) is 0 Å². The molecule has 0 aromatic rings. The molecule has 3 aliphatic heterocycles. The van der Waals surface area contributed by atoms with Gasteiger partial charge in [0.25, 0.3) is 0 Å². The average Bonchev–Trinajstić information content (AvgIpc) is 3.37. The van der Waals surface area contributed by atoms with E-state index in [9.17, 15) is 25.2 Å². The monoisotopic (exact) mass is 616 g/mol. The lowest BCUT2D eigenvalue weighted by molar-refractivity contribution is -0.297. The van der Waals surface area contributed by atoms with Crippen LogP contribution >= 0.6 is 0 Å². The second kappa shape index (κ2) is 14.7. The number of aliphatic hydroxyl groups is 4. The number of rotatable bonds is 11. The quantitative estimate of drug-likeness (QED) is 0.103. The fourth-order valence-electron chi connectivity index (χ4n) is 6.72. The molecule has 3 heterocycles. The van der Waals surface area contributed by atoms with Gasteiger partial charge in [0.1, 0.15) is 35.8 Å². The summed E-state index contributed by atoms with van der Waals surface area (Å²) in [5, 5.41) is 55.8. The number of likely N-dealkylation sites (N-methyl/N-ethyl adjacent to an activating group) is 1. The van der Waals surface area contributed by atoms with Gasteiger partial charge in [-0.05, 0) is 39.3 Å². The van der Waals surface area contributed by atoms with Gasteiger partial charge >= 0.3 is 0 Å². The Hall–Kier alpha value is -1.51. The van der Waals surface area contributed by atoms with E-state index in [4.69, 9.17) is 37.1 Å². The van der Waals surface area contributed by atoms with Crippen LogP contribution < -0.4 is 44.2 Å². The summed E-state index contributed by atoms with van der Waals surface area (Å²) in [4.78, 5) is 12.6. The van der Waals surface area contributed by atoms with Crippen molar-refractivity contribution in [2.24, 2.45) is 28.9 Å². The van der Waals surface area contributed by atoms with E-state index < -0.39 is 78.4 Å². The predicted octanol–water partition coefficient (Wildman–Crippen LogP) is -5.78. The molecule has 16 heteroatoms. The van der Waals surface area contributed by atoms with Crippen molar-refractivity contribution < 1.29 is 39.4 Å². The maximum atomic E-state index is 12.6. The molecule has 16 N–H and O–H groups in total. The van der Waals surface area contributed by atoms with Crippen molar-refractivity contribution >= 4 is 5.91 Å². The summed E-state index contributed by atoms with van der Waals surface area (Å²) < 4.78 is 18.2. The van der Waals surface area contributed by atoms with Crippen LogP contribution in [0.3, 0.4) is 0 Å². The molecule has 4 aliphatic rings. The second-order valence-electron chi connectivity index (χ2n) is 12.6. The minimum atomic E-state index is -1.47. The lowest BCUT2D eigenvalue weighted by atomic mass is 9.72. The Balaban J connectivity index is 1.49. The molecule has 0 spiro atoms. The van der Waals surface area contributed by atoms with E-state index in [-0.39, 0.29) is 31.7 Å². The zero-order chi connectivity index (χ0) is 31.5. The third kappa shape index (κ3) is 8.02. The highest BCUT2D eigenvalue weighted by atomic mass is 16.7. The van der Waals surface area contributed by atoms with Crippen LogP contribution in [-0.2, 0) is 19.0 Å². The van der Waals surface area contributed by atoms with E-state index in [1.807, 2.05) is 6.08 Å². The Morgan fingerprint density at radius 1 is 1.23 bits per heavy atom. The Bertz CT molecular complexity index is 962. The molecule has 43 heavy (non-hydrogen) atoms. The van der Waals surface area contributed by atoms with Crippen LogP contribution in [0, 0.1) is 5.92 Å². The predicted molar refractivity (Wildman–Crippen MR) is 156 cm³/mol. The van der Waals surface area contributed by atoms with Gasteiger partial charge in [0, 0.05) is 49.7 Å². The van der Waals surface area contributed by atoms with Crippen LogP contribution in [0.2, 0.25) is 0 Å². The molecule has 14 atom stereocenters. The molecule has 16 nitrogen and oxygen atoms in total. The normalized spacial score (nSPS) is 44.4. The molecule has 0 aromatic carbocycles. The zero-order valence-electron chi connectivity index (χ0n) is 25.0. The van der Waals surface area contributed by atoms with Crippen LogP contribution in [0.4, 0.5) is 0 Å². The van der Waals surface area contributed by atoms with Gasteiger partial charge in [-0.3, -0.25) is 4.79 Å². The van der Waals surface area contributed by atoms with Crippen LogP contribution in [0.1, 0.15) is 26.2 Å². The van der Waals surface area contributed by atoms with Crippen molar-refractivity contribution in [2.45, 2.75) is 105 Å². The number of nitrogens with two attached hydrogens (primary N) is 4. The van der Waals surface area contributed by atoms with E-state index in [1.165, 1.54) is 6.92 Å². The first-order valence-electron chi connectivity index (χ1n) is 15.1. The molecule has 0 radical (unpaired) electrons. The molecule has 3 fully saturated rings. The summed E-state index contributed by atoms with van der Waals surface area (Å²) in [5.74, 6) is -0.785. The number of hydrogen-bond acceptors (Lipinski definition) is 15. The maximum Gasteiger partial charge on any atom is 0.250 e. The van der Waals surface area contributed by atoms with Crippen LogP contribution in [0.5, 0.6) is 0 Å². The Morgan fingerprint density at radius 2 is 1.98 bits per heavy atom. The zero-order valence-corrected chi connectivity index (χ0v) is 25.0. The molecule has 1 aliphatic carbocycles. The van der Waals surface area contributed by atoms with E-state index in [0.717, 1.165) is 13.0 Å². The third-order valence-electron chi connectivity index (χ3n) is 9.09. The number of carbonyl (C=O) groups is 1. The standard InChI is InChI=1S/C27H52N8O8/c1-27(40)11-41-26(21(38)24(27)32-2)43-23-17(35-25(39)18(36)7-28)6-16(31)19(20(23)37)22-15(30)4-3-14(42-22)10-33-9-13-5-12(29)8-34-13/h3,12-13,15-24,26,32-34,36-38,40H,4-11,28-31H2,1-2H3,(H,35,39)/t12-,13-,15+,16-,17+,18-,19+,20-,21+,22?,23-,24+,26+,27-/m0/s1. The number of amides is 1. The van der Waals surface area contributed by atoms with Gasteiger partial charge in [0.15, 0.2) is 6.29 Å². The minimum Gasteiger partial charge on any atom is -0.492 e. The second-order valence-corrected chi connectivity index (χ2v) is 12.6. The molecule has 1 amide bonds. The van der Waals surface area contributed by atoms with Crippen molar-refractivity contribution in [3.8, 4) is 0 Å². The molecule has 0 bridgehead atoms. The smallest absolute Gasteiger partial charge is 0.250 e. The highest BCUT2D eigenvalue weighted by molar-refractivity contribution is 5.81. The Kier molecular flexibility index (Phi) is 11.8. The van der Waals surface area contributed by atoms with Crippen molar-refractivity contribution in [1.29, 1.82) is 0 Å². The van der Waals surface area contributed by atoms with Crippen molar-refractivity contribution in [3.05, 3.63) is 11.8 Å². The molecular formula is C27H52N8O8. The summed E-state index contributed by atoms with van der Waals surface area (Å²) in [6, 6.07) is -2.41.